The fraction of sp³-hybridized carbons (Fsp3) is 0.667. The quantitative estimate of drug-likeness (QED) is 0.503. The number of allylic oxidation sites excluding steroid dienone is 4. The summed E-state index contributed by atoms with van der Waals surface area (Å²) in [6.45, 7) is 14.9. The summed E-state index contributed by atoms with van der Waals surface area (Å²) in [5, 5.41) is 0. The van der Waals surface area contributed by atoms with Gasteiger partial charge in [0.25, 0.3) is 0 Å². The second-order valence-electron chi connectivity index (χ2n) is 4.53. The maximum atomic E-state index is 2.19. The molecule has 0 aromatic carbocycles. The lowest BCUT2D eigenvalue weighted by Gasteiger charge is -2.05. The van der Waals surface area contributed by atoms with E-state index in [1.807, 2.05) is 19.9 Å². The number of hydrogen-bond donors (Lipinski definition) is 0. The smallest absolute Gasteiger partial charge is 0.0401 e. The van der Waals surface area contributed by atoms with Crippen molar-refractivity contribution < 1.29 is 0 Å². The molecule has 0 aromatic rings. The fourth-order valence-corrected chi connectivity index (χ4v) is 0.359. The summed E-state index contributed by atoms with van der Waals surface area (Å²) in [5.41, 5.74) is 1.82. The molecule has 0 atom stereocenters. The molecule has 0 aromatic heterocycles. The first-order valence-electron chi connectivity index (χ1n) is 4.57. The lowest BCUT2D eigenvalue weighted by molar-refractivity contribution is 0.469. The molecule has 0 heteroatoms. The van der Waals surface area contributed by atoms with Gasteiger partial charge in [0.15, 0.2) is 0 Å². The Morgan fingerprint density at radius 2 is 1.33 bits per heavy atom. The molecule has 0 nitrogen and oxygen atoms in total. The van der Waals surface area contributed by atoms with Gasteiger partial charge in [-0.25, -0.2) is 0 Å². The summed E-state index contributed by atoms with van der Waals surface area (Å²) in [6.07, 6.45) is 6.20. The van der Waals surface area contributed by atoms with Crippen LogP contribution in [0.4, 0.5) is 0 Å². The third-order valence-corrected chi connectivity index (χ3v) is 0.885. The Morgan fingerprint density at radius 3 is 1.42 bits per heavy atom. The van der Waals surface area contributed by atoms with Crippen molar-refractivity contribution in [3.8, 4) is 0 Å². The highest BCUT2D eigenvalue weighted by Crippen LogP contribution is 2.08. The van der Waals surface area contributed by atoms with Crippen molar-refractivity contribution in [2.24, 2.45) is 5.41 Å². The zero-order valence-electron chi connectivity index (χ0n) is 9.73. The third kappa shape index (κ3) is 34.0. The van der Waals surface area contributed by atoms with E-state index in [9.17, 15) is 0 Å². The molecule has 0 fully saturated rings. The highest BCUT2D eigenvalue weighted by atomic mass is 14.0. The van der Waals surface area contributed by atoms with Crippen LogP contribution in [0.2, 0.25) is 0 Å². The van der Waals surface area contributed by atoms with Crippen LogP contribution < -0.4 is 0 Å². The van der Waals surface area contributed by atoms with Crippen molar-refractivity contribution in [1.29, 1.82) is 0 Å². The summed E-state index contributed by atoms with van der Waals surface area (Å²) < 4.78 is 0. The third-order valence-electron chi connectivity index (χ3n) is 0.885. The van der Waals surface area contributed by atoms with Gasteiger partial charge in [-0.2, -0.15) is 0 Å². The molecule has 0 N–H and O–H groups in total. The molecule has 0 saturated carbocycles. The first kappa shape index (κ1) is 14.0. The van der Waals surface area contributed by atoms with Crippen molar-refractivity contribution in [3.05, 3.63) is 23.8 Å². The van der Waals surface area contributed by atoms with E-state index in [0.29, 0.717) is 5.41 Å². The minimum atomic E-state index is 0.500. The Balaban J connectivity index is 0. The van der Waals surface area contributed by atoms with Crippen LogP contribution >= 0.6 is 0 Å². The molecular weight excluding hydrogens is 144 g/mol. The largest absolute Gasteiger partial charge is 0.0874 e. The minimum absolute atomic E-state index is 0.500. The van der Waals surface area contributed by atoms with E-state index in [1.165, 1.54) is 5.57 Å². The van der Waals surface area contributed by atoms with Crippen molar-refractivity contribution in [1.82, 2.24) is 0 Å². The van der Waals surface area contributed by atoms with Crippen molar-refractivity contribution in [3.63, 3.8) is 0 Å². The maximum Gasteiger partial charge on any atom is -0.0401 e. The second-order valence-corrected chi connectivity index (χ2v) is 4.53. The Morgan fingerprint density at radius 1 is 1.00 bits per heavy atom. The van der Waals surface area contributed by atoms with Crippen molar-refractivity contribution in [2.75, 3.05) is 0 Å². The van der Waals surface area contributed by atoms with E-state index < -0.39 is 0 Å². The second kappa shape index (κ2) is 7.15. The van der Waals surface area contributed by atoms with Gasteiger partial charge in [-0.1, -0.05) is 51.5 Å². The standard InChI is InChI=1S/C7H12.C5H12/c1-4-6-7(3)5-2;1-5(2,3)4/h4-6H,1-3H3;1-4H3/b6-4-,7-5-;. The van der Waals surface area contributed by atoms with Gasteiger partial charge >= 0.3 is 0 Å². The molecule has 0 saturated heterocycles. The molecule has 12 heavy (non-hydrogen) atoms. The molecule has 0 bridgehead atoms. The Bertz CT molecular complexity index is 136. The van der Waals surface area contributed by atoms with Gasteiger partial charge in [-0.05, 0) is 26.2 Å². The van der Waals surface area contributed by atoms with E-state index in [2.05, 4.69) is 46.8 Å². The molecule has 0 aliphatic rings. The van der Waals surface area contributed by atoms with E-state index in [1.54, 1.807) is 0 Å². The summed E-state index contributed by atoms with van der Waals surface area (Å²) in [6, 6.07) is 0. The average Bonchev–Trinajstić information content (AvgIpc) is 1.85. The fourth-order valence-electron chi connectivity index (χ4n) is 0.359. The van der Waals surface area contributed by atoms with Crippen LogP contribution in [0.15, 0.2) is 23.8 Å². The molecule has 0 radical (unpaired) electrons. The van der Waals surface area contributed by atoms with Gasteiger partial charge in [0.2, 0.25) is 0 Å². The summed E-state index contributed by atoms with van der Waals surface area (Å²) in [5.74, 6) is 0. The molecule has 0 aliphatic heterocycles. The first-order valence-corrected chi connectivity index (χ1v) is 4.57. The van der Waals surface area contributed by atoms with Crippen molar-refractivity contribution >= 4 is 0 Å². The normalized spacial score (nSPS) is 12.8. The van der Waals surface area contributed by atoms with Gasteiger partial charge in [0, 0.05) is 0 Å². The predicted molar refractivity (Wildman–Crippen MR) is 59.4 cm³/mol. The Labute approximate surface area is 78.4 Å². The van der Waals surface area contributed by atoms with Crippen LogP contribution in [-0.2, 0) is 0 Å². The monoisotopic (exact) mass is 168 g/mol. The molecule has 72 valence electrons. The van der Waals surface area contributed by atoms with Crippen molar-refractivity contribution in [2.45, 2.75) is 48.5 Å². The van der Waals surface area contributed by atoms with Crippen LogP contribution in [0.1, 0.15) is 48.5 Å². The predicted octanol–water partition coefficient (Wildman–Crippen LogP) is 4.58. The van der Waals surface area contributed by atoms with E-state index in [0.717, 1.165) is 0 Å². The molecule has 0 rings (SSSR count). The van der Waals surface area contributed by atoms with E-state index >= 15 is 0 Å². The van der Waals surface area contributed by atoms with Crippen LogP contribution in [0, 0.1) is 5.41 Å². The lowest BCUT2D eigenvalue weighted by Crippen LogP contribution is -1.93. The first-order chi connectivity index (χ1) is 5.31. The molecular formula is C12H24. The SMILES string of the molecule is C/C=C\C(C)=C/C.CC(C)(C)C. The molecule has 0 aliphatic carbocycles. The molecule has 0 amide bonds. The van der Waals surface area contributed by atoms with Gasteiger partial charge in [-0.15, -0.1) is 0 Å². The molecule has 0 unspecified atom stereocenters. The summed E-state index contributed by atoms with van der Waals surface area (Å²) in [4.78, 5) is 0. The average molecular weight is 168 g/mol. The summed E-state index contributed by atoms with van der Waals surface area (Å²) >= 11 is 0. The maximum absolute atomic E-state index is 2.19. The van der Waals surface area contributed by atoms with E-state index in [-0.39, 0.29) is 0 Å². The Hall–Kier alpha value is -0.520. The van der Waals surface area contributed by atoms with Crippen LogP contribution in [0.5, 0.6) is 0 Å². The Kier molecular flexibility index (Phi) is 8.36. The van der Waals surface area contributed by atoms with Crippen LogP contribution in [-0.4, -0.2) is 0 Å². The zero-order valence-corrected chi connectivity index (χ0v) is 9.73. The highest BCUT2D eigenvalue weighted by Gasteiger charge is 1.95. The molecule has 0 heterocycles. The van der Waals surface area contributed by atoms with Crippen LogP contribution in [0.3, 0.4) is 0 Å². The van der Waals surface area contributed by atoms with Gasteiger partial charge in [-0.3, -0.25) is 0 Å². The minimum Gasteiger partial charge on any atom is -0.0874 e. The van der Waals surface area contributed by atoms with E-state index in [4.69, 9.17) is 0 Å². The zero-order chi connectivity index (χ0) is 10.2. The van der Waals surface area contributed by atoms with Gasteiger partial charge in [0.1, 0.15) is 0 Å². The summed E-state index contributed by atoms with van der Waals surface area (Å²) in [7, 11) is 0. The highest BCUT2D eigenvalue weighted by molar-refractivity contribution is 5.13. The van der Waals surface area contributed by atoms with Gasteiger partial charge < -0.3 is 0 Å². The number of rotatable bonds is 1. The topological polar surface area (TPSA) is 0 Å². The van der Waals surface area contributed by atoms with Crippen LogP contribution in [0.25, 0.3) is 0 Å². The number of hydrogen-bond acceptors (Lipinski definition) is 0. The lowest BCUT2D eigenvalue weighted by atomic mass is 10.0. The molecule has 0 spiro atoms. The van der Waals surface area contributed by atoms with Gasteiger partial charge in [0.05, 0.1) is 0 Å².